The fraction of sp³-hybridized carbons (Fsp3) is 0.304. The Labute approximate surface area is 214 Å². The molecule has 0 saturated heterocycles. The van der Waals surface area contributed by atoms with Crippen molar-refractivity contribution in [2.75, 3.05) is 31.4 Å². The van der Waals surface area contributed by atoms with Gasteiger partial charge in [0.25, 0.3) is 20.1 Å². The van der Waals surface area contributed by atoms with Crippen LogP contribution >= 0.6 is 0 Å². The number of hydrogen-bond donors (Lipinski definition) is 0. The van der Waals surface area contributed by atoms with E-state index >= 15 is 4.39 Å². The van der Waals surface area contributed by atoms with E-state index < -0.39 is 37.0 Å². The molecular weight excluding hydrogens is 529 g/mol. The molecule has 0 unspecified atom stereocenters. The van der Waals surface area contributed by atoms with Gasteiger partial charge < -0.3 is 14.2 Å². The minimum absolute atomic E-state index is 0.00420. The number of ether oxygens (including phenoxy) is 3. The van der Waals surface area contributed by atoms with E-state index in [9.17, 15) is 16.8 Å². The Morgan fingerprint density at radius 2 is 1.89 bits per heavy atom. The smallest absolute Gasteiger partial charge is 0.268 e. The molecule has 0 saturated carbocycles. The molecular formula is C23H24FN3O8S2. The maximum absolute atomic E-state index is 15.4. The molecule has 3 aromatic rings. The number of hydrogen-bond acceptors (Lipinski definition) is 10. The predicted molar refractivity (Wildman–Crippen MR) is 130 cm³/mol. The zero-order valence-corrected chi connectivity index (χ0v) is 21.8. The third-order valence-electron chi connectivity index (χ3n) is 5.54. The van der Waals surface area contributed by atoms with E-state index in [2.05, 4.69) is 9.97 Å². The van der Waals surface area contributed by atoms with Gasteiger partial charge in [0.1, 0.15) is 46.2 Å². The molecule has 0 bridgehead atoms. The number of halogens is 1. The number of aromatic nitrogens is 2. The van der Waals surface area contributed by atoms with Gasteiger partial charge in [0.15, 0.2) is 0 Å². The van der Waals surface area contributed by atoms with Crippen molar-refractivity contribution in [3.05, 3.63) is 65.9 Å². The Hall–Kier alpha value is -3.49. The summed E-state index contributed by atoms with van der Waals surface area (Å²) in [5.74, 6) is -0.259. The molecule has 37 heavy (non-hydrogen) atoms. The number of benzene rings is 2. The molecule has 0 amide bonds. The van der Waals surface area contributed by atoms with Gasteiger partial charge in [-0.25, -0.2) is 27.1 Å². The second-order valence-corrected chi connectivity index (χ2v) is 11.4. The number of rotatable bonds is 9. The molecule has 0 fully saturated rings. The molecule has 14 heteroatoms. The van der Waals surface area contributed by atoms with Gasteiger partial charge in [0, 0.05) is 41.9 Å². The molecule has 0 N–H and O–H groups in total. The third-order valence-corrected chi connectivity index (χ3v) is 7.88. The van der Waals surface area contributed by atoms with Crippen molar-refractivity contribution in [2.24, 2.45) is 0 Å². The van der Waals surface area contributed by atoms with Crippen LogP contribution in [0.2, 0.25) is 0 Å². The highest BCUT2D eigenvalue weighted by molar-refractivity contribution is 7.92. The number of nitrogens with zero attached hydrogens (tertiary/aromatic N) is 3. The van der Waals surface area contributed by atoms with Crippen LogP contribution in [-0.4, -0.2) is 53.9 Å². The summed E-state index contributed by atoms with van der Waals surface area (Å²) in [7, 11) is -5.51. The Kier molecular flexibility index (Phi) is 7.52. The Balaban J connectivity index is 1.80. The van der Waals surface area contributed by atoms with Crippen molar-refractivity contribution in [1.82, 2.24) is 9.97 Å². The van der Waals surface area contributed by atoms with Gasteiger partial charge in [-0.2, -0.15) is 8.42 Å². The van der Waals surface area contributed by atoms with E-state index in [1.54, 1.807) is 18.2 Å². The molecule has 198 valence electrons. The summed E-state index contributed by atoms with van der Waals surface area (Å²) in [6.45, 7) is -0.208. The summed E-state index contributed by atoms with van der Waals surface area (Å²) in [4.78, 5) is 7.20. The van der Waals surface area contributed by atoms with Crippen LogP contribution in [0.4, 0.5) is 10.2 Å². The number of sulfonamides is 1. The standard InChI is InChI=1S/C23H24FN3O8S2/c1-32-16-5-4-15(20(10-16)33-2)13-27(23-6-8-25-14-26-23)37(30,31)22-12-21-17(11-18(22)24)19(7-9-34-21)35-36(3,28)29/h4-6,8,10-12,14,19H,7,9,13H2,1-3H3/t19-/m1/s1. The monoisotopic (exact) mass is 553 g/mol. The number of fused-ring (bicyclic) bond motifs is 1. The molecule has 2 heterocycles. The van der Waals surface area contributed by atoms with Gasteiger partial charge in [-0.1, -0.05) is 0 Å². The highest BCUT2D eigenvalue weighted by atomic mass is 32.2. The van der Waals surface area contributed by atoms with Crippen molar-refractivity contribution in [3.63, 3.8) is 0 Å². The lowest BCUT2D eigenvalue weighted by Crippen LogP contribution is -2.32. The molecule has 0 spiro atoms. The average molecular weight is 554 g/mol. The summed E-state index contributed by atoms with van der Waals surface area (Å²) >= 11 is 0. The van der Waals surface area contributed by atoms with Crippen LogP contribution in [0.3, 0.4) is 0 Å². The fourth-order valence-corrected chi connectivity index (χ4v) is 5.93. The van der Waals surface area contributed by atoms with E-state index in [0.717, 1.165) is 22.7 Å². The summed E-state index contributed by atoms with van der Waals surface area (Å²) in [5, 5.41) is 0. The van der Waals surface area contributed by atoms with Crippen LogP contribution in [0.15, 0.2) is 53.8 Å². The SMILES string of the molecule is COc1ccc(CN(c2ccncn2)S(=O)(=O)c2cc3c(cc2F)[C@H](OS(C)(=O)=O)CCO3)c(OC)c1. The minimum atomic E-state index is -4.57. The molecule has 4 rings (SSSR count). The van der Waals surface area contributed by atoms with Crippen LogP contribution in [0, 0.1) is 5.82 Å². The molecule has 1 aromatic heterocycles. The molecule has 2 aromatic carbocycles. The lowest BCUT2D eigenvalue weighted by molar-refractivity contribution is 0.142. The fourth-order valence-electron chi connectivity index (χ4n) is 3.84. The van der Waals surface area contributed by atoms with E-state index in [1.165, 1.54) is 32.8 Å². The van der Waals surface area contributed by atoms with Gasteiger partial charge in [0.2, 0.25) is 0 Å². The lowest BCUT2D eigenvalue weighted by Gasteiger charge is -2.28. The molecule has 0 radical (unpaired) electrons. The van der Waals surface area contributed by atoms with Crippen LogP contribution < -0.4 is 18.5 Å². The van der Waals surface area contributed by atoms with Crippen molar-refractivity contribution < 1.29 is 39.6 Å². The number of anilines is 1. The lowest BCUT2D eigenvalue weighted by atomic mass is 10.0. The van der Waals surface area contributed by atoms with Crippen molar-refractivity contribution >= 4 is 26.0 Å². The number of methoxy groups -OCH3 is 2. The van der Waals surface area contributed by atoms with Gasteiger partial charge in [-0.05, 0) is 18.2 Å². The van der Waals surface area contributed by atoms with E-state index in [1.807, 2.05) is 0 Å². The first-order valence-electron chi connectivity index (χ1n) is 10.9. The third kappa shape index (κ3) is 5.76. The first-order chi connectivity index (χ1) is 17.5. The Bertz CT molecular complexity index is 1500. The zero-order valence-electron chi connectivity index (χ0n) is 20.1. The van der Waals surface area contributed by atoms with E-state index in [4.69, 9.17) is 18.4 Å². The summed E-state index contributed by atoms with van der Waals surface area (Å²) in [6, 6.07) is 8.17. The summed E-state index contributed by atoms with van der Waals surface area (Å²) in [6.07, 6.45) is 2.55. The largest absolute Gasteiger partial charge is 0.497 e. The molecule has 1 aliphatic heterocycles. The van der Waals surface area contributed by atoms with E-state index in [-0.39, 0.29) is 36.7 Å². The van der Waals surface area contributed by atoms with Crippen LogP contribution in [-0.2, 0) is 30.9 Å². The van der Waals surface area contributed by atoms with Gasteiger partial charge in [-0.3, -0.25) is 4.18 Å². The second-order valence-electron chi connectivity index (χ2n) is 8.00. The first kappa shape index (κ1) is 26.6. The van der Waals surface area contributed by atoms with Gasteiger partial charge in [0.05, 0.1) is 33.6 Å². The second kappa shape index (κ2) is 10.5. The van der Waals surface area contributed by atoms with Crippen molar-refractivity contribution in [1.29, 1.82) is 0 Å². The zero-order chi connectivity index (χ0) is 26.8. The quantitative estimate of drug-likeness (QED) is 0.364. The van der Waals surface area contributed by atoms with E-state index in [0.29, 0.717) is 17.1 Å². The molecule has 0 aliphatic carbocycles. The molecule has 1 aliphatic rings. The summed E-state index contributed by atoms with van der Waals surface area (Å²) in [5.41, 5.74) is 0.556. The first-order valence-corrected chi connectivity index (χ1v) is 14.1. The van der Waals surface area contributed by atoms with Crippen molar-refractivity contribution in [3.8, 4) is 17.2 Å². The molecule has 1 atom stereocenters. The van der Waals surface area contributed by atoms with Crippen molar-refractivity contribution in [2.45, 2.75) is 24.0 Å². The molecule has 11 nitrogen and oxygen atoms in total. The normalized spacial score (nSPS) is 15.4. The predicted octanol–water partition coefficient (Wildman–Crippen LogP) is 2.83. The Morgan fingerprint density at radius 3 is 2.54 bits per heavy atom. The van der Waals surface area contributed by atoms with Gasteiger partial charge >= 0.3 is 0 Å². The topological polar surface area (TPSA) is 134 Å². The maximum atomic E-state index is 15.4. The van der Waals surface area contributed by atoms with Gasteiger partial charge in [-0.15, -0.1) is 0 Å². The maximum Gasteiger partial charge on any atom is 0.268 e. The summed E-state index contributed by atoms with van der Waals surface area (Å²) < 4.78 is 88.5. The highest BCUT2D eigenvalue weighted by Crippen LogP contribution is 2.39. The highest BCUT2D eigenvalue weighted by Gasteiger charge is 2.34. The Morgan fingerprint density at radius 1 is 1.11 bits per heavy atom. The minimum Gasteiger partial charge on any atom is -0.497 e. The average Bonchev–Trinajstić information content (AvgIpc) is 2.86. The van der Waals surface area contributed by atoms with Crippen LogP contribution in [0.1, 0.15) is 23.7 Å². The van der Waals surface area contributed by atoms with Crippen LogP contribution in [0.25, 0.3) is 0 Å². The van der Waals surface area contributed by atoms with Crippen LogP contribution in [0.5, 0.6) is 17.2 Å².